The Bertz CT molecular complexity index is 1410. The number of aromatic amines is 1. The number of alkyl halides is 3. The Morgan fingerprint density at radius 3 is 2.66 bits per heavy atom. The number of rotatable bonds is 5. The lowest BCUT2D eigenvalue weighted by Crippen LogP contribution is -2.27. The second-order valence-corrected chi connectivity index (χ2v) is 8.81. The normalized spacial score (nSPS) is 12.3. The summed E-state index contributed by atoms with van der Waals surface area (Å²) in [5.41, 5.74) is 0.364. The lowest BCUT2D eigenvalue weighted by atomic mass is 10.1. The van der Waals surface area contributed by atoms with Crippen molar-refractivity contribution in [3.8, 4) is 11.4 Å². The van der Waals surface area contributed by atoms with E-state index in [-0.39, 0.29) is 16.3 Å². The van der Waals surface area contributed by atoms with Crippen molar-refractivity contribution in [1.29, 1.82) is 0 Å². The minimum absolute atomic E-state index is 0.0155. The van der Waals surface area contributed by atoms with E-state index in [2.05, 4.69) is 20.3 Å². The van der Waals surface area contributed by atoms with Crippen molar-refractivity contribution in [2.24, 2.45) is 0 Å². The fourth-order valence-corrected chi connectivity index (χ4v) is 4.44. The van der Waals surface area contributed by atoms with Crippen LogP contribution in [0.5, 0.6) is 5.75 Å². The first-order chi connectivity index (χ1) is 15.0. The van der Waals surface area contributed by atoms with Gasteiger partial charge in [-0.15, -0.1) is 0 Å². The van der Waals surface area contributed by atoms with Crippen molar-refractivity contribution in [1.82, 2.24) is 25.0 Å². The van der Waals surface area contributed by atoms with E-state index in [0.717, 1.165) is 33.6 Å². The molecule has 0 radical (unpaired) electrons. The SMILES string of the molecule is COc1ccc2[nH]nc(C)c2c1N(C)S(=O)(=O)c1cnn(-c2ccnc(C(F)(F)F)c2)c1. The third-order valence-corrected chi connectivity index (χ3v) is 6.61. The van der Waals surface area contributed by atoms with Gasteiger partial charge in [0.05, 0.1) is 41.8 Å². The molecule has 0 amide bonds. The molecule has 0 aliphatic carbocycles. The third kappa shape index (κ3) is 3.53. The van der Waals surface area contributed by atoms with Gasteiger partial charge in [0.25, 0.3) is 10.0 Å². The number of ether oxygens (including phenoxy) is 1. The zero-order valence-electron chi connectivity index (χ0n) is 17.0. The van der Waals surface area contributed by atoms with Crippen LogP contribution in [0, 0.1) is 6.92 Å². The van der Waals surface area contributed by atoms with Crippen molar-refractivity contribution in [2.45, 2.75) is 18.0 Å². The van der Waals surface area contributed by atoms with Gasteiger partial charge in [-0.05, 0) is 31.2 Å². The molecular weight excluding hydrogens is 449 g/mol. The summed E-state index contributed by atoms with van der Waals surface area (Å²) in [5.74, 6) is 0.310. The number of nitrogens with zero attached hydrogens (tertiary/aromatic N) is 5. The second-order valence-electron chi connectivity index (χ2n) is 6.84. The van der Waals surface area contributed by atoms with Crippen LogP contribution in [0.4, 0.5) is 18.9 Å². The van der Waals surface area contributed by atoms with Gasteiger partial charge in [0.2, 0.25) is 0 Å². The molecule has 0 saturated carbocycles. The van der Waals surface area contributed by atoms with Crippen LogP contribution in [0.1, 0.15) is 11.4 Å². The second kappa shape index (κ2) is 7.51. The van der Waals surface area contributed by atoms with Gasteiger partial charge in [-0.2, -0.15) is 23.4 Å². The molecule has 1 aromatic carbocycles. The van der Waals surface area contributed by atoms with Gasteiger partial charge in [0, 0.05) is 13.2 Å². The Hall–Kier alpha value is -3.61. The van der Waals surface area contributed by atoms with Gasteiger partial charge in [0.15, 0.2) is 0 Å². The molecule has 32 heavy (non-hydrogen) atoms. The van der Waals surface area contributed by atoms with Crippen LogP contribution in [0.3, 0.4) is 0 Å². The molecule has 0 saturated heterocycles. The summed E-state index contributed by atoms with van der Waals surface area (Å²) in [6.45, 7) is 1.72. The summed E-state index contributed by atoms with van der Waals surface area (Å²) in [6, 6.07) is 5.41. The van der Waals surface area contributed by atoms with Crippen molar-refractivity contribution in [2.75, 3.05) is 18.5 Å². The topological polar surface area (TPSA) is 106 Å². The number of aromatic nitrogens is 5. The van der Waals surface area contributed by atoms with Crippen LogP contribution in [-0.2, 0) is 16.2 Å². The van der Waals surface area contributed by atoms with E-state index >= 15 is 0 Å². The molecule has 1 N–H and O–H groups in total. The Labute approximate surface area is 180 Å². The Morgan fingerprint density at radius 1 is 1.22 bits per heavy atom. The highest BCUT2D eigenvalue weighted by molar-refractivity contribution is 7.92. The molecule has 3 heterocycles. The van der Waals surface area contributed by atoms with E-state index in [9.17, 15) is 21.6 Å². The number of hydrogen-bond donors (Lipinski definition) is 1. The maximum Gasteiger partial charge on any atom is 0.433 e. The van der Waals surface area contributed by atoms with Crippen LogP contribution >= 0.6 is 0 Å². The monoisotopic (exact) mass is 466 g/mol. The quantitative estimate of drug-likeness (QED) is 0.484. The van der Waals surface area contributed by atoms with E-state index in [1.807, 2.05) is 0 Å². The average molecular weight is 466 g/mol. The molecule has 4 aromatic rings. The number of benzene rings is 1. The van der Waals surface area contributed by atoms with Crippen molar-refractivity contribution < 1.29 is 26.3 Å². The molecule has 3 aromatic heterocycles. The maximum atomic E-state index is 13.3. The number of anilines is 1. The van der Waals surface area contributed by atoms with E-state index in [0.29, 0.717) is 22.3 Å². The zero-order chi connectivity index (χ0) is 23.3. The van der Waals surface area contributed by atoms with E-state index in [1.165, 1.54) is 20.2 Å². The number of methoxy groups -OCH3 is 1. The molecular formula is C19H17F3N6O3S. The Kier molecular flexibility index (Phi) is 5.07. The number of nitrogens with one attached hydrogen (secondary N) is 1. The molecule has 0 bridgehead atoms. The van der Waals surface area contributed by atoms with Gasteiger partial charge >= 0.3 is 6.18 Å². The largest absolute Gasteiger partial charge is 0.495 e. The number of aryl methyl sites for hydroxylation is 1. The molecule has 0 fully saturated rings. The minimum Gasteiger partial charge on any atom is -0.495 e. The first-order valence-electron chi connectivity index (χ1n) is 9.13. The first-order valence-corrected chi connectivity index (χ1v) is 10.6. The van der Waals surface area contributed by atoms with Crippen LogP contribution in [0.25, 0.3) is 16.6 Å². The highest BCUT2D eigenvalue weighted by Gasteiger charge is 2.33. The molecule has 0 unspecified atom stereocenters. The summed E-state index contributed by atoms with van der Waals surface area (Å²) in [5, 5.41) is 11.4. The summed E-state index contributed by atoms with van der Waals surface area (Å²) >= 11 is 0. The van der Waals surface area contributed by atoms with Crippen LogP contribution in [0.2, 0.25) is 0 Å². The molecule has 0 spiro atoms. The Morgan fingerprint density at radius 2 is 1.97 bits per heavy atom. The molecule has 0 aliphatic heterocycles. The lowest BCUT2D eigenvalue weighted by molar-refractivity contribution is -0.141. The lowest BCUT2D eigenvalue weighted by Gasteiger charge is -2.22. The number of sulfonamides is 1. The molecule has 0 atom stereocenters. The van der Waals surface area contributed by atoms with Gasteiger partial charge in [-0.1, -0.05) is 0 Å². The van der Waals surface area contributed by atoms with Crippen molar-refractivity contribution in [3.63, 3.8) is 0 Å². The fraction of sp³-hybridized carbons (Fsp3) is 0.211. The highest BCUT2D eigenvalue weighted by atomic mass is 32.2. The van der Waals surface area contributed by atoms with Gasteiger partial charge < -0.3 is 4.74 Å². The molecule has 0 aliphatic rings. The predicted molar refractivity (Wildman–Crippen MR) is 109 cm³/mol. The smallest absolute Gasteiger partial charge is 0.433 e. The van der Waals surface area contributed by atoms with Crippen LogP contribution in [0.15, 0.2) is 47.8 Å². The summed E-state index contributed by atoms with van der Waals surface area (Å²) in [4.78, 5) is 3.08. The van der Waals surface area contributed by atoms with Crippen molar-refractivity contribution >= 4 is 26.6 Å². The zero-order valence-corrected chi connectivity index (χ0v) is 17.9. The number of halogens is 3. The summed E-state index contributed by atoms with van der Waals surface area (Å²) < 4.78 is 73.0. The van der Waals surface area contributed by atoms with Crippen molar-refractivity contribution in [3.05, 3.63) is 54.2 Å². The number of pyridine rings is 1. The van der Waals surface area contributed by atoms with E-state index in [1.54, 1.807) is 19.1 Å². The molecule has 168 valence electrons. The number of fused-ring (bicyclic) bond motifs is 1. The van der Waals surface area contributed by atoms with E-state index < -0.39 is 21.9 Å². The number of H-pyrrole nitrogens is 1. The van der Waals surface area contributed by atoms with Gasteiger partial charge in [0.1, 0.15) is 22.0 Å². The minimum atomic E-state index is -4.64. The molecule has 9 nitrogen and oxygen atoms in total. The summed E-state index contributed by atoms with van der Waals surface area (Å²) in [6.07, 6.45) is -1.46. The fourth-order valence-electron chi connectivity index (χ4n) is 3.28. The Balaban J connectivity index is 1.78. The highest BCUT2D eigenvalue weighted by Crippen LogP contribution is 2.39. The predicted octanol–water partition coefficient (Wildman–Crippen LogP) is 3.30. The van der Waals surface area contributed by atoms with Gasteiger partial charge in [-0.3, -0.25) is 14.4 Å². The molecule has 4 rings (SSSR count). The molecule has 13 heteroatoms. The maximum absolute atomic E-state index is 13.3. The van der Waals surface area contributed by atoms with Crippen LogP contribution < -0.4 is 9.04 Å². The van der Waals surface area contributed by atoms with Crippen LogP contribution in [-0.4, -0.2) is 47.5 Å². The van der Waals surface area contributed by atoms with Gasteiger partial charge in [-0.25, -0.2) is 13.1 Å². The number of hydrogen-bond acceptors (Lipinski definition) is 6. The third-order valence-electron chi connectivity index (χ3n) is 4.90. The summed E-state index contributed by atoms with van der Waals surface area (Å²) in [7, 11) is -1.38. The average Bonchev–Trinajstić information content (AvgIpc) is 3.40. The van der Waals surface area contributed by atoms with E-state index in [4.69, 9.17) is 4.74 Å². The first kappa shape index (κ1) is 21.6. The standard InChI is InChI=1S/C19H17F3N6O3S/c1-11-17-14(26-25-11)4-5-15(31-3)18(17)27(2)32(29,30)13-9-24-28(10-13)12-6-7-23-16(8-12)19(20,21)22/h4-10H,1-3H3,(H,25,26).